The first-order chi connectivity index (χ1) is 10.6. The minimum absolute atomic E-state index is 0.0849. The van der Waals surface area contributed by atoms with Gasteiger partial charge in [-0.25, -0.2) is 0 Å². The smallest absolute Gasteiger partial charge is 0.400 e. The molecule has 2 rings (SSSR count). The van der Waals surface area contributed by atoms with E-state index in [9.17, 15) is 4.79 Å². The van der Waals surface area contributed by atoms with E-state index in [4.69, 9.17) is 9.31 Å². The number of aryl methyl sites for hydroxylation is 1. The van der Waals surface area contributed by atoms with Crippen molar-refractivity contribution in [2.45, 2.75) is 52.7 Å². The number of nitrogens with zero attached hydrogens (tertiary/aromatic N) is 1. The summed E-state index contributed by atoms with van der Waals surface area (Å²) < 4.78 is 12.2. The largest absolute Gasteiger partial charge is 0.492 e. The Labute approximate surface area is 138 Å². The number of hydrogen-bond acceptors (Lipinski definition) is 4. The van der Waals surface area contributed by atoms with Gasteiger partial charge in [0, 0.05) is 25.4 Å². The second-order valence-electron chi connectivity index (χ2n) is 6.95. The molecule has 1 amide bonds. The van der Waals surface area contributed by atoms with Gasteiger partial charge in [-0.05, 0) is 57.8 Å². The van der Waals surface area contributed by atoms with Gasteiger partial charge in [-0.3, -0.25) is 9.78 Å². The number of aromatic nitrogens is 1. The fraction of sp³-hybridized carbons (Fsp3) is 0.529. The zero-order valence-corrected chi connectivity index (χ0v) is 14.8. The van der Waals surface area contributed by atoms with Crippen LogP contribution < -0.4 is 5.32 Å². The van der Waals surface area contributed by atoms with Crippen molar-refractivity contribution in [2.24, 2.45) is 0 Å². The van der Waals surface area contributed by atoms with Crippen LogP contribution >= 0.6 is 0 Å². The third-order valence-electron chi connectivity index (χ3n) is 4.37. The van der Waals surface area contributed by atoms with E-state index in [1.807, 2.05) is 52.8 Å². The molecule has 1 aliphatic heterocycles. The highest BCUT2D eigenvalue weighted by molar-refractivity contribution is 6.56. The molecule has 0 bridgehead atoms. The van der Waals surface area contributed by atoms with Crippen molar-refractivity contribution in [3.8, 4) is 0 Å². The van der Waals surface area contributed by atoms with Crippen molar-refractivity contribution in [1.29, 1.82) is 0 Å². The highest BCUT2D eigenvalue weighted by Crippen LogP contribution is 2.38. The maximum absolute atomic E-state index is 11.3. The van der Waals surface area contributed by atoms with E-state index in [0.29, 0.717) is 6.54 Å². The Bertz CT molecular complexity index is 610. The maximum atomic E-state index is 11.3. The number of nitrogens with one attached hydrogen (secondary N) is 1. The highest BCUT2D eigenvalue weighted by Gasteiger charge is 2.52. The van der Waals surface area contributed by atoms with Crippen molar-refractivity contribution in [3.05, 3.63) is 35.1 Å². The fourth-order valence-electron chi connectivity index (χ4n) is 2.29. The van der Waals surface area contributed by atoms with Crippen molar-refractivity contribution >= 4 is 19.1 Å². The molecule has 1 aromatic heterocycles. The van der Waals surface area contributed by atoms with Gasteiger partial charge in [0.15, 0.2) is 0 Å². The van der Waals surface area contributed by atoms with Gasteiger partial charge in [0.1, 0.15) is 0 Å². The molecular formula is C17H25BN2O3. The van der Waals surface area contributed by atoms with Gasteiger partial charge in [-0.15, -0.1) is 0 Å². The molecule has 1 saturated heterocycles. The standard InChI is InChI=1S/C17H25BN2O3/c1-12-9-14(7-8-19-12)10-15(11-20-13(2)21)18-22-16(3,4)17(5,6)23-18/h7-10H,11H2,1-6H3,(H,20,21). The van der Waals surface area contributed by atoms with Gasteiger partial charge in [-0.2, -0.15) is 0 Å². The lowest BCUT2D eigenvalue weighted by atomic mass is 9.77. The predicted octanol–water partition coefficient (Wildman–Crippen LogP) is 2.54. The topological polar surface area (TPSA) is 60.5 Å². The lowest BCUT2D eigenvalue weighted by Gasteiger charge is -2.32. The van der Waals surface area contributed by atoms with Gasteiger partial charge in [0.05, 0.1) is 11.2 Å². The molecule has 2 heterocycles. The maximum Gasteiger partial charge on any atom is 0.492 e. The molecular weight excluding hydrogens is 291 g/mol. The zero-order valence-electron chi connectivity index (χ0n) is 14.8. The number of hydrogen-bond donors (Lipinski definition) is 1. The van der Waals surface area contributed by atoms with E-state index in [1.165, 1.54) is 6.92 Å². The number of rotatable bonds is 4. The summed E-state index contributed by atoms with van der Waals surface area (Å²) in [5.41, 5.74) is 1.99. The van der Waals surface area contributed by atoms with E-state index < -0.39 is 18.3 Å². The lowest BCUT2D eigenvalue weighted by Crippen LogP contribution is -2.41. The zero-order chi connectivity index (χ0) is 17.3. The van der Waals surface area contributed by atoms with Crippen LogP contribution in [0.5, 0.6) is 0 Å². The van der Waals surface area contributed by atoms with Gasteiger partial charge < -0.3 is 14.6 Å². The normalized spacial score (nSPS) is 19.7. The Morgan fingerprint density at radius 3 is 2.43 bits per heavy atom. The SMILES string of the molecule is CC(=O)NCC(=Cc1ccnc(C)c1)B1OC(C)(C)C(C)(C)O1. The summed E-state index contributed by atoms with van der Waals surface area (Å²) in [4.78, 5) is 15.5. The van der Waals surface area contributed by atoms with Crippen LogP contribution in [0.1, 0.15) is 45.9 Å². The molecule has 0 radical (unpaired) electrons. The molecule has 1 aromatic rings. The molecule has 6 heteroatoms. The monoisotopic (exact) mass is 316 g/mol. The molecule has 0 saturated carbocycles. The summed E-state index contributed by atoms with van der Waals surface area (Å²) in [5.74, 6) is -0.0849. The highest BCUT2D eigenvalue weighted by atomic mass is 16.7. The molecule has 0 spiro atoms. The molecule has 124 valence electrons. The first-order valence-corrected chi connectivity index (χ1v) is 7.84. The van der Waals surface area contributed by atoms with Crippen LogP contribution in [0.3, 0.4) is 0 Å². The molecule has 0 aromatic carbocycles. The summed E-state index contributed by atoms with van der Waals surface area (Å²) in [5, 5.41) is 2.83. The van der Waals surface area contributed by atoms with E-state index in [-0.39, 0.29) is 5.91 Å². The summed E-state index contributed by atoms with van der Waals surface area (Å²) in [6.07, 6.45) is 3.76. The fourth-order valence-corrected chi connectivity index (χ4v) is 2.29. The van der Waals surface area contributed by atoms with Crippen LogP contribution in [0.2, 0.25) is 0 Å². The molecule has 5 nitrogen and oxygen atoms in total. The number of amides is 1. The second kappa shape index (κ2) is 6.45. The van der Waals surface area contributed by atoms with Gasteiger partial charge in [-0.1, -0.05) is 6.08 Å². The van der Waals surface area contributed by atoms with Crippen LogP contribution in [-0.2, 0) is 14.1 Å². The molecule has 1 fully saturated rings. The summed E-state index contributed by atoms with van der Waals surface area (Å²) in [7, 11) is -0.486. The lowest BCUT2D eigenvalue weighted by molar-refractivity contribution is -0.118. The summed E-state index contributed by atoms with van der Waals surface area (Å²) >= 11 is 0. The molecule has 0 unspecified atom stereocenters. The summed E-state index contributed by atoms with van der Waals surface area (Å²) in [6.45, 7) is 11.9. The van der Waals surface area contributed by atoms with Crippen LogP contribution in [-0.4, -0.2) is 35.8 Å². The van der Waals surface area contributed by atoms with Crippen LogP contribution in [0.15, 0.2) is 23.8 Å². The summed E-state index contributed by atoms with van der Waals surface area (Å²) in [6, 6.07) is 3.91. The van der Waals surface area contributed by atoms with E-state index in [1.54, 1.807) is 6.20 Å². The van der Waals surface area contributed by atoms with Gasteiger partial charge >= 0.3 is 7.12 Å². The van der Waals surface area contributed by atoms with Crippen LogP contribution in [0.25, 0.3) is 6.08 Å². The second-order valence-corrected chi connectivity index (χ2v) is 6.95. The molecule has 23 heavy (non-hydrogen) atoms. The van der Waals surface area contributed by atoms with Crippen LogP contribution in [0, 0.1) is 6.92 Å². The number of pyridine rings is 1. The van der Waals surface area contributed by atoms with E-state index in [2.05, 4.69) is 10.3 Å². The van der Waals surface area contributed by atoms with Crippen molar-refractivity contribution in [1.82, 2.24) is 10.3 Å². The average molecular weight is 316 g/mol. The Hall–Kier alpha value is -1.66. The van der Waals surface area contributed by atoms with Gasteiger partial charge in [0.2, 0.25) is 5.91 Å². The third-order valence-corrected chi connectivity index (χ3v) is 4.37. The number of carbonyl (C=O) groups is 1. The van der Waals surface area contributed by atoms with Crippen molar-refractivity contribution in [3.63, 3.8) is 0 Å². The molecule has 0 atom stereocenters. The quantitative estimate of drug-likeness (QED) is 0.867. The Balaban J connectivity index is 2.30. The van der Waals surface area contributed by atoms with Crippen LogP contribution in [0.4, 0.5) is 0 Å². The third kappa shape index (κ3) is 4.21. The van der Waals surface area contributed by atoms with E-state index in [0.717, 1.165) is 16.7 Å². The first kappa shape index (κ1) is 17.7. The molecule has 1 aliphatic rings. The Kier molecular flexibility index (Phi) is 4.97. The minimum Gasteiger partial charge on any atom is -0.400 e. The molecule has 1 N–H and O–H groups in total. The number of carbonyl (C=O) groups excluding carboxylic acids is 1. The minimum atomic E-state index is -0.486. The Morgan fingerprint density at radius 2 is 1.91 bits per heavy atom. The van der Waals surface area contributed by atoms with Crippen molar-refractivity contribution < 1.29 is 14.1 Å². The Morgan fingerprint density at radius 1 is 1.30 bits per heavy atom. The van der Waals surface area contributed by atoms with Crippen molar-refractivity contribution in [2.75, 3.05) is 6.54 Å². The predicted molar refractivity (Wildman–Crippen MR) is 91.7 cm³/mol. The van der Waals surface area contributed by atoms with Gasteiger partial charge in [0.25, 0.3) is 0 Å². The van der Waals surface area contributed by atoms with E-state index >= 15 is 0 Å². The first-order valence-electron chi connectivity index (χ1n) is 7.84. The molecule has 0 aliphatic carbocycles. The average Bonchev–Trinajstić information content (AvgIpc) is 2.63.